The zero-order valence-electron chi connectivity index (χ0n) is 15.9. The predicted octanol–water partition coefficient (Wildman–Crippen LogP) is 4.55. The van der Waals surface area contributed by atoms with Crippen LogP contribution in [0.5, 0.6) is 0 Å². The van der Waals surface area contributed by atoms with Crippen molar-refractivity contribution in [2.75, 3.05) is 11.1 Å². The van der Waals surface area contributed by atoms with E-state index in [1.807, 2.05) is 0 Å². The van der Waals surface area contributed by atoms with Gasteiger partial charge in [0.25, 0.3) is 5.91 Å². The van der Waals surface area contributed by atoms with Crippen molar-refractivity contribution < 1.29 is 17.7 Å². The zero-order valence-corrected chi connectivity index (χ0v) is 16.7. The molecule has 6 nitrogen and oxygen atoms in total. The summed E-state index contributed by atoms with van der Waals surface area (Å²) < 4.78 is 30.4. The number of amides is 1. The number of aromatic nitrogens is 1. The lowest BCUT2D eigenvalue weighted by Gasteiger charge is -2.21. The van der Waals surface area contributed by atoms with E-state index in [0.29, 0.717) is 22.4 Å². The molecule has 2 aliphatic rings. The number of rotatable bonds is 7. The van der Waals surface area contributed by atoms with E-state index in [1.165, 1.54) is 19.3 Å². The molecule has 0 atom stereocenters. The maximum atomic E-state index is 12.6. The Morgan fingerprint density at radius 3 is 2.46 bits per heavy atom. The molecule has 1 aromatic heterocycles. The van der Waals surface area contributed by atoms with Gasteiger partial charge in [0.05, 0.1) is 10.6 Å². The fourth-order valence-electron chi connectivity index (χ4n) is 3.81. The van der Waals surface area contributed by atoms with Crippen LogP contribution >= 0.6 is 0 Å². The van der Waals surface area contributed by atoms with E-state index >= 15 is 0 Å². The Labute approximate surface area is 165 Å². The van der Waals surface area contributed by atoms with Crippen molar-refractivity contribution in [2.45, 2.75) is 62.2 Å². The highest BCUT2D eigenvalue weighted by Crippen LogP contribution is 2.40. The van der Waals surface area contributed by atoms with Gasteiger partial charge in [-0.15, -0.1) is 0 Å². The lowest BCUT2D eigenvalue weighted by molar-refractivity contribution is 0.101. The smallest absolute Gasteiger partial charge is 0.277 e. The lowest BCUT2D eigenvalue weighted by Crippen LogP contribution is -2.14. The molecule has 150 valence electrons. The maximum Gasteiger partial charge on any atom is 0.277 e. The molecule has 0 unspecified atom stereocenters. The third kappa shape index (κ3) is 4.63. The Bertz CT molecular complexity index is 924. The number of hydrogen-bond acceptors (Lipinski definition) is 5. The summed E-state index contributed by atoms with van der Waals surface area (Å²) in [6.07, 6.45) is 8.87. The topological polar surface area (TPSA) is 89.3 Å². The van der Waals surface area contributed by atoms with Crippen LogP contribution in [0, 0.1) is 5.92 Å². The number of nitrogens with zero attached hydrogens (tertiary/aromatic N) is 1. The summed E-state index contributed by atoms with van der Waals surface area (Å²) in [6, 6.07) is 8.03. The van der Waals surface area contributed by atoms with Gasteiger partial charge in [0.2, 0.25) is 0 Å². The van der Waals surface area contributed by atoms with Crippen molar-refractivity contribution >= 4 is 21.4 Å². The Hall–Kier alpha value is -2.15. The van der Waals surface area contributed by atoms with Gasteiger partial charge in [-0.05, 0) is 49.4 Å². The highest BCUT2D eigenvalue weighted by Gasteiger charge is 2.29. The maximum absolute atomic E-state index is 12.6. The molecule has 2 fully saturated rings. The number of carbonyl (C=O) groups is 1. The zero-order chi connectivity index (χ0) is 19.6. The Morgan fingerprint density at radius 1 is 1.07 bits per heavy atom. The second-order valence-electron chi connectivity index (χ2n) is 7.98. The molecule has 1 aromatic carbocycles. The van der Waals surface area contributed by atoms with Crippen molar-refractivity contribution in [1.82, 2.24) is 5.16 Å². The highest BCUT2D eigenvalue weighted by atomic mass is 32.2. The van der Waals surface area contributed by atoms with Crippen molar-refractivity contribution in [3.05, 3.63) is 41.8 Å². The first kappa shape index (κ1) is 19.2. The Balaban J connectivity index is 1.34. The number of nitrogens with one attached hydrogen (secondary N) is 1. The largest absolute Gasteiger partial charge is 0.360 e. The molecular weight excluding hydrogens is 376 g/mol. The fraction of sp³-hybridized carbons (Fsp3) is 0.524. The molecule has 2 aromatic rings. The van der Waals surface area contributed by atoms with Crippen LogP contribution in [0.4, 0.5) is 5.69 Å². The number of hydrogen-bond donors (Lipinski definition) is 1. The van der Waals surface area contributed by atoms with Gasteiger partial charge < -0.3 is 9.84 Å². The molecule has 0 radical (unpaired) electrons. The van der Waals surface area contributed by atoms with Gasteiger partial charge in [0.15, 0.2) is 15.5 Å². The van der Waals surface area contributed by atoms with Crippen LogP contribution in [0.1, 0.15) is 73.5 Å². The lowest BCUT2D eigenvalue weighted by atomic mass is 9.88. The quantitative estimate of drug-likeness (QED) is 0.734. The molecule has 2 aliphatic carbocycles. The van der Waals surface area contributed by atoms with Crippen LogP contribution in [-0.2, 0) is 9.84 Å². The summed E-state index contributed by atoms with van der Waals surface area (Å²) in [4.78, 5) is 12.6. The third-order valence-electron chi connectivity index (χ3n) is 5.73. The summed E-state index contributed by atoms with van der Waals surface area (Å²) in [7, 11) is -3.30. The van der Waals surface area contributed by atoms with Gasteiger partial charge in [-0.25, -0.2) is 8.42 Å². The van der Waals surface area contributed by atoms with E-state index < -0.39 is 9.84 Å². The average molecular weight is 403 g/mol. The predicted molar refractivity (Wildman–Crippen MR) is 106 cm³/mol. The first-order valence-corrected chi connectivity index (χ1v) is 11.8. The van der Waals surface area contributed by atoms with E-state index in [1.54, 1.807) is 30.3 Å². The van der Waals surface area contributed by atoms with Crippen molar-refractivity contribution in [1.29, 1.82) is 0 Å². The summed E-state index contributed by atoms with van der Waals surface area (Å²) in [5.41, 5.74) is 0.776. The summed E-state index contributed by atoms with van der Waals surface area (Å²) >= 11 is 0. The highest BCUT2D eigenvalue weighted by molar-refractivity contribution is 7.91. The van der Waals surface area contributed by atoms with Gasteiger partial charge in [0.1, 0.15) is 5.76 Å². The summed E-state index contributed by atoms with van der Waals surface area (Å²) in [5, 5.41) is 6.55. The molecule has 28 heavy (non-hydrogen) atoms. The molecule has 0 bridgehead atoms. The monoisotopic (exact) mass is 402 g/mol. The van der Waals surface area contributed by atoms with E-state index in [-0.39, 0.29) is 17.4 Å². The molecule has 1 amide bonds. The SMILES string of the molecule is O=C(Nc1ccc(S(=O)(=O)CCC2CCCCC2)cc1)c1cc(C2CC2)on1. The van der Waals surface area contributed by atoms with Gasteiger partial charge in [-0.2, -0.15) is 0 Å². The van der Waals surface area contributed by atoms with E-state index in [2.05, 4.69) is 10.5 Å². The van der Waals surface area contributed by atoms with Gasteiger partial charge in [-0.3, -0.25) is 4.79 Å². The summed E-state index contributed by atoms with van der Waals surface area (Å²) in [6.45, 7) is 0. The molecule has 1 N–H and O–H groups in total. The molecule has 1 heterocycles. The fourth-order valence-corrected chi connectivity index (χ4v) is 5.24. The molecular formula is C21H26N2O4S. The van der Waals surface area contributed by atoms with Crippen LogP contribution in [0.3, 0.4) is 0 Å². The number of anilines is 1. The van der Waals surface area contributed by atoms with Crippen LogP contribution in [-0.4, -0.2) is 25.2 Å². The molecule has 7 heteroatoms. The van der Waals surface area contributed by atoms with Crippen LogP contribution in [0.2, 0.25) is 0 Å². The van der Waals surface area contributed by atoms with Crippen molar-refractivity contribution in [2.24, 2.45) is 5.92 Å². The second-order valence-corrected chi connectivity index (χ2v) is 10.1. The van der Waals surface area contributed by atoms with Gasteiger partial charge in [0, 0.05) is 17.7 Å². The third-order valence-corrected chi connectivity index (χ3v) is 7.50. The molecule has 0 saturated heterocycles. The standard InChI is InChI=1S/C21H26N2O4S/c24-21(19-14-20(27-23-19)16-6-7-16)22-17-8-10-18(11-9-17)28(25,26)13-12-15-4-2-1-3-5-15/h8-11,14-16H,1-7,12-13H2,(H,22,24). The van der Waals surface area contributed by atoms with E-state index in [9.17, 15) is 13.2 Å². The van der Waals surface area contributed by atoms with Crippen molar-refractivity contribution in [3.63, 3.8) is 0 Å². The number of benzene rings is 1. The second kappa shape index (κ2) is 8.07. The van der Waals surface area contributed by atoms with Crippen LogP contribution < -0.4 is 5.32 Å². The van der Waals surface area contributed by atoms with E-state index in [4.69, 9.17) is 4.52 Å². The molecule has 0 spiro atoms. The first-order chi connectivity index (χ1) is 13.5. The van der Waals surface area contributed by atoms with Crippen LogP contribution in [0.25, 0.3) is 0 Å². The molecule has 2 saturated carbocycles. The number of carbonyl (C=O) groups excluding carboxylic acids is 1. The minimum absolute atomic E-state index is 0.187. The van der Waals surface area contributed by atoms with Gasteiger partial charge in [-0.1, -0.05) is 37.3 Å². The molecule has 4 rings (SSSR count). The minimum atomic E-state index is -3.30. The Morgan fingerprint density at radius 2 is 1.79 bits per heavy atom. The Kier molecular flexibility index (Phi) is 5.53. The van der Waals surface area contributed by atoms with Crippen molar-refractivity contribution in [3.8, 4) is 0 Å². The van der Waals surface area contributed by atoms with Crippen LogP contribution in [0.15, 0.2) is 39.8 Å². The van der Waals surface area contributed by atoms with Gasteiger partial charge >= 0.3 is 0 Å². The van der Waals surface area contributed by atoms with E-state index in [0.717, 1.165) is 37.9 Å². The average Bonchev–Trinajstić information content (AvgIpc) is 3.44. The normalized spacial score (nSPS) is 18.1. The first-order valence-electron chi connectivity index (χ1n) is 10.1. The molecule has 0 aliphatic heterocycles. The summed E-state index contributed by atoms with van der Waals surface area (Å²) in [5.74, 6) is 1.51. The minimum Gasteiger partial charge on any atom is -0.360 e. The number of sulfone groups is 1.